The van der Waals surface area contributed by atoms with Crippen molar-refractivity contribution >= 4 is 0 Å². The number of likely N-dealkylation sites (N-methyl/N-ethyl adjacent to an activating group) is 1. The number of para-hydroxylation sites is 1. The molecule has 1 aromatic carbocycles. The van der Waals surface area contributed by atoms with Gasteiger partial charge in [0.25, 0.3) is 0 Å². The second kappa shape index (κ2) is 7.94. The Morgan fingerprint density at radius 1 is 1.16 bits per heavy atom. The summed E-state index contributed by atoms with van der Waals surface area (Å²) in [5, 5.41) is 4.59. The van der Waals surface area contributed by atoms with Gasteiger partial charge in [-0.1, -0.05) is 18.2 Å². The highest BCUT2D eigenvalue weighted by molar-refractivity contribution is 5.61. The molecule has 5 nitrogen and oxygen atoms in total. The highest BCUT2D eigenvalue weighted by Gasteiger charge is 2.12. The molecular weight excluding hydrogens is 312 g/mol. The van der Waals surface area contributed by atoms with Gasteiger partial charge in [-0.25, -0.2) is 0 Å². The van der Waals surface area contributed by atoms with Crippen molar-refractivity contribution in [3.05, 3.63) is 66.1 Å². The maximum absolute atomic E-state index is 5.89. The number of aromatic nitrogens is 3. The normalized spacial score (nSPS) is 11.0. The van der Waals surface area contributed by atoms with Gasteiger partial charge >= 0.3 is 0 Å². The summed E-state index contributed by atoms with van der Waals surface area (Å²) in [6, 6.07) is 12.1. The molecule has 25 heavy (non-hydrogen) atoms. The van der Waals surface area contributed by atoms with Gasteiger partial charge in [0.2, 0.25) is 0 Å². The van der Waals surface area contributed by atoms with Gasteiger partial charge in [0.1, 0.15) is 12.4 Å². The van der Waals surface area contributed by atoms with Crippen LogP contribution < -0.4 is 4.74 Å². The molecule has 0 spiro atoms. The SMILES string of the molecule is Cc1ccccc1OCCN(C)Cc1cn(C)nc1-c1cccnc1. The van der Waals surface area contributed by atoms with E-state index in [-0.39, 0.29) is 0 Å². The Balaban J connectivity index is 1.60. The number of pyridine rings is 1. The Labute approximate surface area is 148 Å². The summed E-state index contributed by atoms with van der Waals surface area (Å²) in [5.74, 6) is 0.952. The predicted molar refractivity (Wildman–Crippen MR) is 99.4 cm³/mol. The summed E-state index contributed by atoms with van der Waals surface area (Å²) in [4.78, 5) is 6.44. The molecule has 130 valence electrons. The fraction of sp³-hybridized carbons (Fsp3) is 0.300. The molecule has 3 aromatic rings. The van der Waals surface area contributed by atoms with Crippen LogP contribution in [0.25, 0.3) is 11.3 Å². The molecule has 0 aliphatic heterocycles. The molecular formula is C20H24N4O. The average Bonchev–Trinajstić information content (AvgIpc) is 2.97. The summed E-state index contributed by atoms with van der Waals surface area (Å²) < 4.78 is 7.75. The molecule has 5 heteroatoms. The maximum atomic E-state index is 5.89. The molecule has 0 aliphatic rings. The van der Waals surface area contributed by atoms with Crippen LogP contribution in [0.5, 0.6) is 5.75 Å². The van der Waals surface area contributed by atoms with Crippen LogP contribution in [-0.4, -0.2) is 39.9 Å². The van der Waals surface area contributed by atoms with Gasteiger partial charge in [0, 0.05) is 49.9 Å². The van der Waals surface area contributed by atoms with Crippen LogP contribution in [0.2, 0.25) is 0 Å². The smallest absolute Gasteiger partial charge is 0.122 e. The van der Waals surface area contributed by atoms with E-state index in [1.54, 1.807) is 6.20 Å². The average molecular weight is 336 g/mol. The summed E-state index contributed by atoms with van der Waals surface area (Å²) in [6.07, 6.45) is 5.70. The maximum Gasteiger partial charge on any atom is 0.122 e. The Hall–Kier alpha value is -2.66. The fourth-order valence-corrected chi connectivity index (χ4v) is 2.80. The van der Waals surface area contributed by atoms with Gasteiger partial charge in [0.15, 0.2) is 0 Å². The van der Waals surface area contributed by atoms with E-state index >= 15 is 0 Å². The fourth-order valence-electron chi connectivity index (χ4n) is 2.80. The number of nitrogens with zero attached hydrogens (tertiary/aromatic N) is 4. The van der Waals surface area contributed by atoms with Crippen LogP contribution in [0.1, 0.15) is 11.1 Å². The number of ether oxygens (including phenoxy) is 1. The van der Waals surface area contributed by atoms with E-state index in [0.717, 1.165) is 35.7 Å². The molecule has 2 heterocycles. The van der Waals surface area contributed by atoms with E-state index < -0.39 is 0 Å². The lowest BCUT2D eigenvalue weighted by atomic mass is 10.1. The molecule has 0 bridgehead atoms. The summed E-state index contributed by atoms with van der Waals surface area (Å²) in [6.45, 7) is 4.38. The third-order valence-electron chi connectivity index (χ3n) is 4.10. The molecule has 0 saturated carbocycles. The lowest BCUT2D eigenvalue weighted by molar-refractivity contribution is 0.232. The van der Waals surface area contributed by atoms with Gasteiger partial charge < -0.3 is 4.74 Å². The van der Waals surface area contributed by atoms with Gasteiger partial charge in [0.05, 0.1) is 5.69 Å². The first kappa shape index (κ1) is 17.2. The van der Waals surface area contributed by atoms with E-state index in [1.807, 2.05) is 48.3 Å². The lowest BCUT2D eigenvalue weighted by Crippen LogP contribution is -2.24. The monoisotopic (exact) mass is 336 g/mol. The standard InChI is InChI=1S/C20H24N4O/c1-16-7-4-5-9-19(16)25-12-11-23(2)14-18-15-24(3)22-20(18)17-8-6-10-21-13-17/h4-10,13,15H,11-12,14H2,1-3H3. The number of rotatable bonds is 7. The Morgan fingerprint density at radius 2 is 2.00 bits per heavy atom. The van der Waals surface area contributed by atoms with Crippen LogP contribution in [0.15, 0.2) is 55.0 Å². The number of benzene rings is 1. The molecule has 2 aromatic heterocycles. The van der Waals surface area contributed by atoms with E-state index in [2.05, 4.69) is 41.2 Å². The molecule has 0 aliphatic carbocycles. The van der Waals surface area contributed by atoms with Gasteiger partial charge in [-0.3, -0.25) is 14.6 Å². The molecule has 0 atom stereocenters. The van der Waals surface area contributed by atoms with Crippen LogP contribution >= 0.6 is 0 Å². The number of aryl methyl sites for hydroxylation is 2. The molecule has 0 unspecified atom stereocenters. The quantitative estimate of drug-likeness (QED) is 0.664. The molecule has 0 amide bonds. The number of hydrogen-bond donors (Lipinski definition) is 0. The largest absolute Gasteiger partial charge is 0.492 e. The third-order valence-corrected chi connectivity index (χ3v) is 4.10. The Kier molecular flexibility index (Phi) is 5.46. The van der Waals surface area contributed by atoms with E-state index in [1.165, 1.54) is 5.56 Å². The minimum Gasteiger partial charge on any atom is -0.492 e. The van der Waals surface area contributed by atoms with Crippen molar-refractivity contribution < 1.29 is 4.74 Å². The van der Waals surface area contributed by atoms with Crippen molar-refractivity contribution in [3.63, 3.8) is 0 Å². The van der Waals surface area contributed by atoms with E-state index in [4.69, 9.17) is 4.74 Å². The first-order chi connectivity index (χ1) is 12.1. The zero-order valence-corrected chi connectivity index (χ0v) is 15.0. The Morgan fingerprint density at radius 3 is 2.76 bits per heavy atom. The van der Waals surface area contributed by atoms with E-state index in [0.29, 0.717) is 6.61 Å². The van der Waals surface area contributed by atoms with Crippen LogP contribution in [0.3, 0.4) is 0 Å². The summed E-state index contributed by atoms with van der Waals surface area (Å²) >= 11 is 0. The second-order valence-electron chi connectivity index (χ2n) is 6.27. The first-order valence-electron chi connectivity index (χ1n) is 8.43. The highest BCUT2D eigenvalue weighted by Crippen LogP contribution is 2.22. The summed E-state index contributed by atoms with van der Waals surface area (Å²) in [5.41, 5.74) is 4.38. The van der Waals surface area contributed by atoms with Crippen molar-refractivity contribution in [2.24, 2.45) is 7.05 Å². The van der Waals surface area contributed by atoms with Crippen molar-refractivity contribution in [3.8, 4) is 17.0 Å². The molecule has 0 radical (unpaired) electrons. The molecule has 3 rings (SSSR count). The molecule has 0 N–H and O–H groups in total. The van der Waals surface area contributed by atoms with Gasteiger partial charge in [-0.05, 0) is 37.7 Å². The minimum atomic E-state index is 0.657. The van der Waals surface area contributed by atoms with Crippen molar-refractivity contribution in [1.82, 2.24) is 19.7 Å². The minimum absolute atomic E-state index is 0.657. The number of hydrogen-bond acceptors (Lipinski definition) is 4. The van der Waals surface area contributed by atoms with E-state index in [9.17, 15) is 0 Å². The van der Waals surface area contributed by atoms with Crippen LogP contribution in [-0.2, 0) is 13.6 Å². The zero-order chi connectivity index (χ0) is 17.6. The highest BCUT2D eigenvalue weighted by atomic mass is 16.5. The third kappa shape index (κ3) is 4.45. The lowest BCUT2D eigenvalue weighted by Gasteiger charge is -2.17. The predicted octanol–water partition coefficient (Wildman–Crippen LogP) is 3.30. The first-order valence-corrected chi connectivity index (χ1v) is 8.43. The van der Waals surface area contributed by atoms with Crippen LogP contribution in [0, 0.1) is 6.92 Å². The Bertz CT molecular complexity index is 814. The molecule has 0 fully saturated rings. The van der Waals surface area contributed by atoms with Gasteiger partial charge in [-0.2, -0.15) is 5.10 Å². The van der Waals surface area contributed by atoms with Crippen molar-refractivity contribution in [2.45, 2.75) is 13.5 Å². The zero-order valence-electron chi connectivity index (χ0n) is 15.0. The topological polar surface area (TPSA) is 43.2 Å². The second-order valence-corrected chi connectivity index (χ2v) is 6.27. The molecule has 0 saturated heterocycles. The summed E-state index contributed by atoms with van der Waals surface area (Å²) in [7, 11) is 4.05. The van der Waals surface area contributed by atoms with Crippen LogP contribution in [0.4, 0.5) is 0 Å². The van der Waals surface area contributed by atoms with Crippen molar-refractivity contribution in [1.29, 1.82) is 0 Å². The van der Waals surface area contributed by atoms with Gasteiger partial charge in [-0.15, -0.1) is 0 Å². The van der Waals surface area contributed by atoms with Crippen molar-refractivity contribution in [2.75, 3.05) is 20.2 Å².